The fourth-order valence-corrected chi connectivity index (χ4v) is 5.19. The summed E-state index contributed by atoms with van der Waals surface area (Å²) in [6, 6.07) is 13.1. The Bertz CT molecular complexity index is 1140. The molecule has 2 aromatic carbocycles. The number of hydrogen-bond acceptors (Lipinski definition) is 6. The molecule has 1 fully saturated rings. The van der Waals surface area contributed by atoms with E-state index < -0.39 is 11.5 Å². The summed E-state index contributed by atoms with van der Waals surface area (Å²) in [7, 11) is 5.24. The fraction of sp³-hybridized carbons (Fsp3) is 0.464. The molecule has 0 aliphatic carbocycles. The van der Waals surface area contributed by atoms with Crippen LogP contribution >= 0.6 is 0 Å². The summed E-state index contributed by atoms with van der Waals surface area (Å²) in [5.74, 6) is 1.19. The van der Waals surface area contributed by atoms with Crippen LogP contribution in [0.4, 0.5) is 10.5 Å². The van der Waals surface area contributed by atoms with Crippen molar-refractivity contribution in [3.05, 3.63) is 53.6 Å². The van der Waals surface area contributed by atoms with Crippen molar-refractivity contribution in [2.75, 3.05) is 39.3 Å². The Balaban J connectivity index is 1.49. The molecule has 9 nitrogen and oxygen atoms in total. The molecule has 2 amide bonds. The number of methoxy groups -OCH3 is 2. The van der Waals surface area contributed by atoms with Crippen LogP contribution in [0, 0.1) is 0 Å². The number of amides is 2. The van der Waals surface area contributed by atoms with Crippen LogP contribution in [-0.2, 0) is 16.8 Å². The zero-order valence-corrected chi connectivity index (χ0v) is 22.0. The third-order valence-electron chi connectivity index (χ3n) is 7.59. The molecule has 37 heavy (non-hydrogen) atoms. The van der Waals surface area contributed by atoms with Gasteiger partial charge >= 0.3 is 6.09 Å². The molecule has 2 aromatic rings. The number of carbonyl (C=O) groups is 2. The number of carboxylic acid groups (broad SMARTS) is 1. The minimum Gasteiger partial charge on any atom is -0.493 e. The number of carbonyl (C=O) groups excluding carboxylic acids is 1. The summed E-state index contributed by atoms with van der Waals surface area (Å²) >= 11 is 0. The molecule has 0 bridgehead atoms. The van der Waals surface area contributed by atoms with Crippen LogP contribution in [0.2, 0.25) is 0 Å². The zero-order chi connectivity index (χ0) is 26.6. The number of hydrazone groups is 1. The van der Waals surface area contributed by atoms with E-state index in [1.54, 1.807) is 14.2 Å². The monoisotopic (exact) mass is 508 g/mol. The maximum absolute atomic E-state index is 13.2. The summed E-state index contributed by atoms with van der Waals surface area (Å²) in [5, 5.41) is 15.9. The number of nitrogens with zero attached hydrogens (tertiary/aromatic N) is 4. The average Bonchev–Trinajstić information content (AvgIpc) is 2.91. The lowest BCUT2D eigenvalue weighted by atomic mass is 9.75. The van der Waals surface area contributed by atoms with Crippen LogP contribution in [0.3, 0.4) is 0 Å². The van der Waals surface area contributed by atoms with Crippen LogP contribution in [0.1, 0.15) is 43.7 Å². The molecule has 1 unspecified atom stereocenters. The van der Waals surface area contributed by atoms with E-state index in [1.807, 2.05) is 55.6 Å². The van der Waals surface area contributed by atoms with Gasteiger partial charge in [-0.2, -0.15) is 5.10 Å². The number of anilines is 1. The predicted octanol–water partition coefficient (Wildman–Crippen LogP) is 4.35. The highest BCUT2D eigenvalue weighted by molar-refractivity contribution is 5.90. The maximum atomic E-state index is 13.2. The first-order chi connectivity index (χ1) is 17.8. The van der Waals surface area contributed by atoms with Crippen molar-refractivity contribution in [2.24, 2.45) is 5.10 Å². The van der Waals surface area contributed by atoms with E-state index in [4.69, 9.17) is 9.47 Å². The molecule has 2 aliphatic rings. The predicted molar refractivity (Wildman–Crippen MR) is 143 cm³/mol. The minimum absolute atomic E-state index is 0.0356. The molecule has 0 radical (unpaired) electrons. The van der Waals surface area contributed by atoms with Gasteiger partial charge in [0.1, 0.15) is 0 Å². The molecule has 0 saturated carbocycles. The van der Waals surface area contributed by atoms with Crippen LogP contribution < -0.4 is 14.4 Å². The Kier molecular flexibility index (Phi) is 8.02. The van der Waals surface area contributed by atoms with Crippen molar-refractivity contribution in [1.82, 2.24) is 9.91 Å². The Morgan fingerprint density at radius 2 is 1.78 bits per heavy atom. The molecule has 0 aromatic heterocycles. The summed E-state index contributed by atoms with van der Waals surface area (Å²) in [6.45, 7) is 4.12. The van der Waals surface area contributed by atoms with E-state index in [9.17, 15) is 14.7 Å². The largest absolute Gasteiger partial charge is 0.493 e. The molecule has 9 heteroatoms. The van der Waals surface area contributed by atoms with Crippen LogP contribution in [0.5, 0.6) is 11.5 Å². The zero-order valence-electron chi connectivity index (χ0n) is 22.0. The van der Waals surface area contributed by atoms with Gasteiger partial charge in [0.15, 0.2) is 11.5 Å². The van der Waals surface area contributed by atoms with Gasteiger partial charge in [-0.3, -0.25) is 9.69 Å². The van der Waals surface area contributed by atoms with Crippen molar-refractivity contribution < 1.29 is 24.2 Å². The molecule has 1 saturated heterocycles. The van der Waals surface area contributed by atoms with Crippen molar-refractivity contribution >= 4 is 23.9 Å². The smallest absolute Gasteiger partial charge is 0.412 e. The summed E-state index contributed by atoms with van der Waals surface area (Å²) in [5.41, 5.74) is 1.97. The Morgan fingerprint density at radius 3 is 2.35 bits per heavy atom. The van der Waals surface area contributed by atoms with E-state index in [1.165, 1.54) is 9.91 Å². The lowest BCUT2D eigenvalue weighted by Crippen LogP contribution is -2.46. The van der Waals surface area contributed by atoms with E-state index in [0.717, 1.165) is 37.1 Å². The SMILES string of the molecule is CCC1(c2ccc(OC)c(OC)c2)C=NN(Cc2ccc(N(C(=O)O)C3CCN(C)CC3)cc2)C(=O)C1. The Morgan fingerprint density at radius 1 is 1.11 bits per heavy atom. The molecule has 2 heterocycles. The van der Waals surface area contributed by atoms with E-state index in [0.29, 0.717) is 36.6 Å². The van der Waals surface area contributed by atoms with Gasteiger partial charge in [0, 0.05) is 29.8 Å². The topological polar surface area (TPSA) is 94.9 Å². The minimum atomic E-state index is -0.941. The molecule has 4 rings (SSSR count). The number of hydrogen-bond donors (Lipinski definition) is 1. The van der Waals surface area contributed by atoms with Crippen LogP contribution in [-0.4, -0.2) is 73.6 Å². The number of likely N-dealkylation sites (tertiary alicyclic amines) is 1. The molecule has 1 N–H and O–H groups in total. The molecule has 198 valence electrons. The van der Waals surface area contributed by atoms with Gasteiger partial charge in [-0.25, -0.2) is 9.80 Å². The third-order valence-corrected chi connectivity index (χ3v) is 7.59. The van der Waals surface area contributed by atoms with Crippen molar-refractivity contribution in [1.29, 1.82) is 0 Å². The van der Waals surface area contributed by atoms with Crippen molar-refractivity contribution in [3.8, 4) is 11.5 Å². The summed E-state index contributed by atoms with van der Waals surface area (Å²) in [4.78, 5) is 28.9. The maximum Gasteiger partial charge on any atom is 0.412 e. The first-order valence-electron chi connectivity index (χ1n) is 12.7. The second-order valence-corrected chi connectivity index (χ2v) is 9.81. The van der Waals surface area contributed by atoms with Gasteiger partial charge < -0.3 is 19.5 Å². The standard InChI is InChI=1S/C28H36N4O5/c1-5-28(21-8-11-24(36-3)25(16-21)37-4)17-26(33)31(29-19-28)18-20-6-9-22(10-7-20)32(27(34)35)23-12-14-30(2)15-13-23/h6-11,16,19,23H,5,12-15,17-18H2,1-4H3,(H,34,35). The van der Waals surface area contributed by atoms with Crippen LogP contribution in [0.25, 0.3) is 0 Å². The van der Waals surface area contributed by atoms with Crippen molar-refractivity contribution in [2.45, 2.75) is 50.6 Å². The third kappa shape index (κ3) is 5.56. The van der Waals surface area contributed by atoms with Gasteiger partial charge in [0.25, 0.3) is 0 Å². The fourth-order valence-electron chi connectivity index (χ4n) is 5.19. The highest BCUT2D eigenvalue weighted by Gasteiger charge is 2.37. The number of piperidine rings is 1. The van der Waals surface area contributed by atoms with Gasteiger partial charge in [-0.1, -0.05) is 25.1 Å². The van der Waals surface area contributed by atoms with E-state index >= 15 is 0 Å². The number of benzene rings is 2. The quantitative estimate of drug-likeness (QED) is 0.570. The van der Waals surface area contributed by atoms with Gasteiger partial charge in [0.05, 0.1) is 20.8 Å². The summed E-state index contributed by atoms with van der Waals surface area (Å²) in [6.07, 6.45) is 3.54. The molecular formula is C28H36N4O5. The van der Waals surface area contributed by atoms with Crippen LogP contribution in [0.15, 0.2) is 47.6 Å². The van der Waals surface area contributed by atoms with Gasteiger partial charge in [-0.15, -0.1) is 0 Å². The lowest BCUT2D eigenvalue weighted by Gasteiger charge is -2.36. The number of ether oxygens (including phenoxy) is 2. The first-order valence-corrected chi connectivity index (χ1v) is 12.7. The van der Waals surface area contributed by atoms with E-state index in [-0.39, 0.29) is 11.9 Å². The highest BCUT2D eigenvalue weighted by atomic mass is 16.5. The lowest BCUT2D eigenvalue weighted by molar-refractivity contribution is -0.133. The van der Waals surface area contributed by atoms with Gasteiger partial charge in [-0.05, 0) is 74.8 Å². The van der Waals surface area contributed by atoms with E-state index in [2.05, 4.69) is 17.0 Å². The Hall–Kier alpha value is -3.59. The van der Waals surface area contributed by atoms with Gasteiger partial charge in [0.2, 0.25) is 5.91 Å². The second kappa shape index (κ2) is 11.2. The Labute approximate surface area is 218 Å². The number of rotatable bonds is 8. The second-order valence-electron chi connectivity index (χ2n) is 9.81. The average molecular weight is 509 g/mol. The first kappa shape index (κ1) is 26.5. The highest BCUT2D eigenvalue weighted by Crippen LogP contribution is 2.38. The molecular weight excluding hydrogens is 472 g/mol. The molecule has 2 aliphatic heterocycles. The molecule has 1 atom stereocenters. The molecule has 0 spiro atoms. The van der Waals surface area contributed by atoms with Crippen molar-refractivity contribution in [3.63, 3.8) is 0 Å². The normalized spacial score (nSPS) is 20.6. The summed E-state index contributed by atoms with van der Waals surface area (Å²) < 4.78 is 10.8.